The van der Waals surface area contributed by atoms with Crippen LogP contribution in [0.1, 0.15) is 44.2 Å². The molecule has 0 radical (unpaired) electrons. The van der Waals surface area contributed by atoms with E-state index in [9.17, 15) is 9.59 Å². The van der Waals surface area contributed by atoms with Gasteiger partial charge in [-0.05, 0) is 29.4 Å². The predicted molar refractivity (Wildman–Crippen MR) is 106 cm³/mol. The van der Waals surface area contributed by atoms with E-state index in [-0.39, 0.29) is 11.8 Å². The van der Waals surface area contributed by atoms with Gasteiger partial charge in [0.1, 0.15) is 5.71 Å². The maximum absolute atomic E-state index is 12.4. The Morgan fingerprint density at radius 1 is 1.15 bits per heavy atom. The summed E-state index contributed by atoms with van der Waals surface area (Å²) in [5.74, 6) is 1.21. The molecule has 2 amide bonds. The molecular weight excluding hydrogens is 340 g/mol. The van der Waals surface area contributed by atoms with Crippen molar-refractivity contribution >= 4 is 17.5 Å². The van der Waals surface area contributed by atoms with E-state index < -0.39 is 0 Å². The van der Waals surface area contributed by atoms with E-state index >= 15 is 0 Å². The molecule has 0 aliphatic carbocycles. The minimum atomic E-state index is -0.190. The molecule has 1 fully saturated rings. The molecule has 1 aromatic carbocycles. The number of rotatable bonds is 5. The minimum absolute atomic E-state index is 0.0538. The Bertz CT molecular complexity index is 721. The van der Waals surface area contributed by atoms with Gasteiger partial charge in [0.25, 0.3) is 5.91 Å². The van der Waals surface area contributed by atoms with Crippen molar-refractivity contribution in [3.63, 3.8) is 0 Å². The van der Waals surface area contributed by atoms with Crippen LogP contribution >= 0.6 is 0 Å². The lowest BCUT2D eigenvalue weighted by atomic mass is 9.91. The summed E-state index contributed by atoms with van der Waals surface area (Å²) in [6.45, 7) is 8.29. The lowest BCUT2D eigenvalue weighted by Crippen LogP contribution is -2.39. The second-order valence-electron chi connectivity index (χ2n) is 8.06. The molecule has 2 aliphatic rings. The van der Waals surface area contributed by atoms with Crippen molar-refractivity contribution in [3.8, 4) is 0 Å². The van der Waals surface area contributed by atoms with Gasteiger partial charge >= 0.3 is 0 Å². The molecule has 0 aromatic heterocycles. The lowest BCUT2D eigenvalue weighted by Gasteiger charge is -2.35. The van der Waals surface area contributed by atoms with Crippen molar-refractivity contribution in [1.82, 2.24) is 15.2 Å². The molecule has 146 valence electrons. The highest BCUT2D eigenvalue weighted by molar-refractivity contribution is 6.39. The zero-order chi connectivity index (χ0) is 19.4. The third-order valence-electron chi connectivity index (χ3n) is 5.37. The SMILES string of the molecule is CC1CC(C)CN(Cc2ccccc2CNC(=O)C2=NN(C)C(=O)CC2)C1. The second kappa shape index (κ2) is 8.65. The van der Waals surface area contributed by atoms with E-state index in [1.807, 2.05) is 6.07 Å². The molecule has 27 heavy (non-hydrogen) atoms. The van der Waals surface area contributed by atoms with Crippen molar-refractivity contribution < 1.29 is 9.59 Å². The van der Waals surface area contributed by atoms with Crippen molar-refractivity contribution in [3.05, 3.63) is 35.4 Å². The second-order valence-corrected chi connectivity index (χ2v) is 8.06. The van der Waals surface area contributed by atoms with Gasteiger partial charge in [-0.15, -0.1) is 0 Å². The Hall–Kier alpha value is -2.21. The van der Waals surface area contributed by atoms with Crippen LogP contribution in [0, 0.1) is 11.8 Å². The number of hydrazone groups is 1. The predicted octanol–water partition coefficient (Wildman–Crippen LogP) is 2.39. The molecule has 6 heteroatoms. The van der Waals surface area contributed by atoms with Crippen molar-refractivity contribution in [2.75, 3.05) is 20.1 Å². The summed E-state index contributed by atoms with van der Waals surface area (Å²) in [5, 5.41) is 8.32. The highest BCUT2D eigenvalue weighted by Gasteiger charge is 2.23. The maximum atomic E-state index is 12.4. The van der Waals surface area contributed by atoms with Crippen molar-refractivity contribution in [2.45, 2.75) is 46.2 Å². The van der Waals surface area contributed by atoms with Crippen LogP contribution in [0.2, 0.25) is 0 Å². The topological polar surface area (TPSA) is 65.0 Å². The lowest BCUT2D eigenvalue weighted by molar-refractivity contribution is -0.130. The van der Waals surface area contributed by atoms with E-state index in [2.05, 4.69) is 47.4 Å². The van der Waals surface area contributed by atoms with Gasteiger partial charge in [-0.2, -0.15) is 5.10 Å². The Kier molecular flexibility index (Phi) is 6.26. The molecule has 0 saturated carbocycles. The summed E-state index contributed by atoms with van der Waals surface area (Å²) in [4.78, 5) is 26.4. The highest BCUT2D eigenvalue weighted by atomic mass is 16.2. The minimum Gasteiger partial charge on any atom is -0.347 e. The molecule has 3 rings (SSSR count). The first-order valence-electron chi connectivity index (χ1n) is 9.83. The third kappa shape index (κ3) is 5.16. The van der Waals surface area contributed by atoms with Crippen molar-refractivity contribution in [1.29, 1.82) is 0 Å². The summed E-state index contributed by atoms with van der Waals surface area (Å²) in [5.41, 5.74) is 2.82. The molecule has 2 aliphatic heterocycles. The molecule has 1 saturated heterocycles. The molecule has 1 aromatic rings. The number of carbonyl (C=O) groups is 2. The Morgan fingerprint density at radius 3 is 2.48 bits per heavy atom. The maximum Gasteiger partial charge on any atom is 0.267 e. The molecule has 1 N–H and O–H groups in total. The fourth-order valence-corrected chi connectivity index (χ4v) is 4.16. The number of hydrogen-bond acceptors (Lipinski definition) is 4. The Balaban J connectivity index is 1.62. The molecule has 2 heterocycles. The van der Waals surface area contributed by atoms with Crippen LogP contribution in [-0.4, -0.2) is 47.6 Å². The first kappa shape index (κ1) is 19.5. The van der Waals surface area contributed by atoms with Crippen molar-refractivity contribution in [2.24, 2.45) is 16.9 Å². The van der Waals surface area contributed by atoms with Gasteiger partial charge in [-0.25, -0.2) is 5.01 Å². The van der Waals surface area contributed by atoms with Crippen LogP contribution in [0.4, 0.5) is 0 Å². The number of carbonyl (C=O) groups excluding carboxylic acids is 2. The van der Waals surface area contributed by atoms with Crippen LogP contribution < -0.4 is 5.32 Å². The molecule has 0 spiro atoms. The van der Waals surface area contributed by atoms with E-state index in [4.69, 9.17) is 0 Å². The van der Waals surface area contributed by atoms with Gasteiger partial charge in [0, 0.05) is 46.1 Å². The van der Waals surface area contributed by atoms with Crippen LogP contribution in [0.15, 0.2) is 29.4 Å². The Labute approximate surface area is 161 Å². The highest BCUT2D eigenvalue weighted by Crippen LogP contribution is 2.23. The molecule has 6 nitrogen and oxygen atoms in total. The summed E-state index contributed by atoms with van der Waals surface area (Å²) >= 11 is 0. The van der Waals surface area contributed by atoms with E-state index in [1.165, 1.54) is 17.0 Å². The summed E-state index contributed by atoms with van der Waals surface area (Å²) in [6, 6.07) is 8.29. The van der Waals surface area contributed by atoms with E-state index in [0.717, 1.165) is 37.0 Å². The standard InChI is InChI=1S/C21H30N4O2/c1-15-10-16(2)13-25(12-15)14-18-7-5-4-6-17(18)11-22-21(27)19-8-9-20(26)24(3)23-19/h4-7,15-16H,8-14H2,1-3H3,(H,22,27). The van der Waals surface area contributed by atoms with Crippen LogP contribution in [0.3, 0.4) is 0 Å². The molecule has 2 unspecified atom stereocenters. The zero-order valence-electron chi connectivity index (χ0n) is 16.6. The zero-order valence-corrected chi connectivity index (χ0v) is 16.6. The average Bonchev–Trinajstić information content (AvgIpc) is 2.62. The fraction of sp³-hybridized carbons (Fsp3) is 0.571. The van der Waals surface area contributed by atoms with Gasteiger partial charge in [0.05, 0.1) is 0 Å². The quantitative estimate of drug-likeness (QED) is 0.865. The largest absolute Gasteiger partial charge is 0.347 e. The number of likely N-dealkylation sites (tertiary alicyclic amines) is 1. The molecule has 2 atom stereocenters. The third-order valence-corrected chi connectivity index (χ3v) is 5.37. The number of nitrogens with one attached hydrogen (secondary N) is 1. The first-order valence-corrected chi connectivity index (χ1v) is 9.83. The normalized spacial score (nSPS) is 23.9. The number of piperidine rings is 1. The van der Waals surface area contributed by atoms with Gasteiger partial charge in [-0.1, -0.05) is 38.1 Å². The van der Waals surface area contributed by atoms with Crippen LogP contribution in [-0.2, 0) is 22.7 Å². The fourth-order valence-electron chi connectivity index (χ4n) is 4.16. The van der Waals surface area contributed by atoms with Gasteiger partial charge in [0.2, 0.25) is 5.91 Å². The number of amides is 2. The Morgan fingerprint density at radius 2 is 1.81 bits per heavy atom. The van der Waals surface area contributed by atoms with Gasteiger partial charge < -0.3 is 5.32 Å². The number of benzene rings is 1. The monoisotopic (exact) mass is 370 g/mol. The number of hydrogen-bond donors (Lipinski definition) is 1. The van der Waals surface area contributed by atoms with Crippen LogP contribution in [0.5, 0.6) is 0 Å². The summed E-state index contributed by atoms with van der Waals surface area (Å²) in [6.07, 6.45) is 2.04. The summed E-state index contributed by atoms with van der Waals surface area (Å²) in [7, 11) is 1.59. The van der Waals surface area contributed by atoms with E-state index in [0.29, 0.717) is 25.1 Å². The van der Waals surface area contributed by atoms with Gasteiger partial charge in [0.15, 0.2) is 0 Å². The first-order chi connectivity index (χ1) is 12.9. The number of nitrogens with zero attached hydrogens (tertiary/aromatic N) is 3. The molecular formula is C21H30N4O2. The smallest absolute Gasteiger partial charge is 0.267 e. The van der Waals surface area contributed by atoms with Crippen LogP contribution in [0.25, 0.3) is 0 Å². The average molecular weight is 370 g/mol. The van der Waals surface area contributed by atoms with Gasteiger partial charge in [-0.3, -0.25) is 14.5 Å². The summed E-state index contributed by atoms with van der Waals surface area (Å²) < 4.78 is 0. The van der Waals surface area contributed by atoms with E-state index in [1.54, 1.807) is 7.05 Å². The molecule has 0 bridgehead atoms.